The predicted octanol–water partition coefficient (Wildman–Crippen LogP) is 4.28. The maximum Gasteiger partial charge on any atom is 0.247 e. The van der Waals surface area contributed by atoms with Crippen LogP contribution >= 0.6 is 11.8 Å². The van der Waals surface area contributed by atoms with Crippen LogP contribution in [0.15, 0.2) is 49.6 Å². The number of amides is 3. The van der Waals surface area contributed by atoms with Crippen LogP contribution in [0.25, 0.3) is 0 Å². The Labute approximate surface area is 248 Å². The number of nitrogens with zero attached hydrogens (tertiary/aromatic N) is 3. The van der Waals surface area contributed by atoms with Crippen LogP contribution in [-0.4, -0.2) is 87.6 Å². The van der Waals surface area contributed by atoms with Crippen molar-refractivity contribution >= 4 is 35.2 Å². The highest BCUT2D eigenvalue weighted by Crippen LogP contribution is 2.67. The Balaban J connectivity index is 1.74. The lowest BCUT2D eigenvalue weighted by Gasteiger charge is -2.39. The number of fused-ring (bicyclic) bond motifs is 1. The van der Waals surface area contributed by atoms with Gasteiger partial charge in [0.25, 0.3) is 0 Å². The van der Waals surface area contributed by atoms with Gasteiger partial charge in [0.05, 0.1) is 35.8 Å². The van der Waals surface area contributed by atoms with Gasteiger partial charge in [-0.05, 0) is 56.9 Å². The third-order valence-corrected chi connectivity index (χ3v) is 10.8. The normalized spacial score (nSPS) is 26.9. The van der Waals surface area contributed by atoms with Crippen LogP contribution in [0.4, 0.5) is 5.69 Å². The zero-order valence-electron chi connectivity index (χ0n) is 24.7. The summed E-state index contributed by atoms with van der Waals surface area (Å²) in [5, 5.41) is 10.3. The Hall–Kier alpha value is -2.78. The lowest BCUT2D eigenvalue weighted by atomic mass is 9.70. The number of thioether (sulfide) groups is 1. The average Bonchev–Trinajstić information content (AvgIpc) is 3.62. The zero-order valence-corrected chi connectivity index (χ0v) is 25.5. The van der Waals surface area contributed by atoms with Crippen molar-refractivity contribution in [2.24, 2.45) is 11.8 Å². The first-order chi connectivity index (χ1) is 19.8. The summed E-state index contributed by atoms with van der Waals surface area (Å²) in [6.07, 6.45) is 7.18. The zero-order chi connectivity index (χ0) is 29.7. The minimum absolute atomic E-state index is 0.0541. The van der Waals surface area contributed by atoms with Gasteiger partial charge in [-0.1, -0.05) is 32.4 Å². The topological polar surface area (TPSA) is 90.4 Å². The molecule has 6 atom stereocenters. The summed E-state index contributed by atoms with van der Waals surface area (Å²) < 4.78 is 4.88. The fourth-order valence-corrected chi connectivity index (χ4v) is 9.14. The number of rotatable bonds is 15. The number of ether oxygens (including phenoxy) is 1. The number of unbranched alkanes of at least 4 members (excludes halogenated alkanes) is 1. The molecule has 4 rings (SSSR count). The van der Waals surface area contributed by atoms with Crippen LogP contribution < -0.4 is 9.64 Å². The van der Waals surface area contributed by atoms with Crippen molar-refractivity contribution in [3.05, 3.63) is 49.6 Å². The molecule has 2 bridgehead atoms. The molecule has 0 saturated carbocycles. The fourth-order valence-electron chi connectivity index (χ4n) is 6.95. The average molecular weight is 584 g/mol. The number of likely N-dealkylation sites (tertiary alicyclic amines) is 1. The van der Waals surface area contributed by atoms with Crippen LogP contribution in [0.1, 0.15) is 52.9 Å². The quantitative estimate of drug-likeness (QED) is 0.310. The molecule has 3 fully saturated rings. The fraction of sp³-hybridized carbons (Fsp3) is 0.594. The number of aliphatic hydroxyl groups excluding tert-OH is 1. The van der Waals surface area contributed by atoms with Crippen LogP contribution in [-0.2, 0) is 14.4 Å². The first-order valence-corrected chi connectivity index (χ1v) is 15.9. The number of anilines is 1. The molecule has 3 aliphatic rings. The first-order valence-electron chi connectivity index (χ1n) is 15.0. The third kappa shape index (κ3) is 5.55. The second-order valence-corrected chi connectivity index (χ2v) is 12.7. The Morgan fingerprint density at radius 3 is 2.46 bits per heavy atom. The molecule has 41 heavy (non-hydrogen) atoms. The molecule has 8 nitrogen and oxygen atoms in total. The van der Waals surface area contributed by atoms with Crippen LogP contribution in [0.2, 0.25) is 0 Å². The molecule has 1 aromatic carbocycles. The van der Waals surface area contributed by atoms with E-state index in [0.717, 1.165) is 25.0 Å². The molecule has 3 heterocycles. The lowest BCUT2D eigenvalue weighted by Crippen LogP contribution is -2.57. The smallest absolute Gasteiger partial charge is 0.247 e. The van der Waals surface area contributed by atoms with Gasteiger partial charge in [-0.2, -0.15) is 0 Å². The molecule has 1 spiro atoms. The predicted molar refractivity (Wildman–Crippen MR) is 164 cm³/mol. The minimum atomic E-state index is -0.722. The summed E-state index contributed by atoms with van der Waals surface area (Å²) in [6, 6.07) is 6.19. The van der Waals surface area contributed by atoms with Crippen LogP contribution in [0.3, 0.4) is 0 Å². The van der Waals surface area contributed by atoms with Gasteiger partial charge in [0.15, 0.2) is 0 Å². The molecule has 3 aliphatic heterocycles. The Morgan fingerprint density at radius 1 is 1.17 bits per heavy atom. The molecule has 224 valence electrons. The molecule has 0 radical (unpaired) electrons. The van der Waals surface area contributed by atoms with Gasteiger partial charge in [0.1, 0.15) is 11.8 Å². The second kappa shape index (κ2) is 13.5. The third-order valence-electron chi connectivity index (χ3n) is 8.81. The van der Waals surface area contributed by atoms with E-state index in [1.165, 1.54) is 0 Å². The van der Waals surface area contributed by atoms with Crippen molar-refractivity contribution < 1.29 is 24.2 Å². The van der Waals surface area contributed by atoms with E-state index in [1.54, 1.807) is 38.6 Å². The van der Waals surface area contributed by atoms with Crippen molar-refractivity contribution in [1.29, 1.82) is 0 Å². The van der Waals surface area contributed by atoms with Crippen molar-refractivity contribution in [2.75, 3.05) is 37.7 Å². The summed E-state index contributed by atoms with van der Waals surface area (Å²) in [7, 11) is 0. The van der Waals surface area contributed by atoms with Gasteiger partial charge in [-0.3, -0.25) is 14.4 Å². The summed E-state index contributed by atoms with van der Waals surface area (Å²) in [6.45, 7) is 15.3. The standard InChI is InChI=1S/C32H45N3O5S/c1-6-11-20-33(18-7-2)31(39)28-32-17-16-25(41-32)26(27(32)30(38)35(28)22(9-4)21-36)29(37)34(19-8-3)23-12-14-24(15-13-23)40-10-5/h7-8,12-15,22,25-28,36H,2-3,6,9-11,16-21H2,1,4-5H3/t22-,25-,26+,27-,28?,32?/m0/s1. The number of aliphatic hydroxyl groups is 1. The van der Waals surface area contributed by atoms with E-state index in [9.17, 15) is 19.5 Å². The highest BCUT2D eigenvalue weighted by molar-refractivity contribution is 8.02. The maximum atomic E-state index is 14.4. The van der Waals surface area contributed by atoms with E-state index >= 15 is 0 Å². The molecule has 9 heteroatoms. The minimum Gasteiger partial charge on any atom is -0.494 e. The van der Waals surface area contributed by atoms with Gasteiger partial charge < -0.3 is 24.5 Å². The molecule has 3 amide bonds. The number of benzene rings is 1. The summed E-state index contributed by atoms with van der Waals surface area (Å²) >= 11 is 1.66. The van der Waals surface area contributed by atoms with Crippen LogP contribution in [0, 0.1) is 11.8 Å². The molecule has 0 aliphatic carbocycles. The van der Waals surface area contributed by atoms with Crippen LogP contribution in [0.5, 0.6) is 5.75 Å². The van der Waals surface area contributed by atoms with E-state index in [4.69, 9.17) is 4.74 Å². The Kier molecular flexibility index (Phi) is 10.2. The molecule has 3 saturated heterocycles. The van der Waals surface area contributed by atoms with Gasteiger partial charge in [0, 0.05) is 30.6 Å². The van der Waals surface area contributed by atoms with Crippen molar-refractivity contribution in [3.8, 4) is 5.75 Å². The lowest BCUT2D eigenvalue weighted by molar-refractivity contribution is -0.145. The second-order valence-electron chi connectivity index (χ2n) is 11.1. The van der Waals surface area contributed by atoms with Gasteiger partial charge in [-0.25, -0.2) is 0 Å². The molecular formula is C32H45N3O5S. The Morgan fingerprint density at radius 2 is 1.88 bits per heavy atom. The molecule has 1 N–H and O–H groups in total. The molecular weight excluding hydrogens is 538 g/mol. The summed E-state index contributed by atoms with van der Waals surface area (Å²) in [5.74, 6) is -0.867. The largest absolute Gasteiger partial charge is 0.494 e. The Bertz CT molecular complexity index is 1120. The maximum absolute atomic E-state index is 14.4. The van der Waals surface area contributed by atoms with Gasteiger partial charge >= 0.3 is 0 Å². The number of carbonyl (C=O) groups is 3. The van der Waals surface area contributed by atoms with Crippen molar-refractivity contribution in [2.45, 2.75) is 75.0 Å². The number of carbonyl (C=O) groups excluding carboxylic acids is 3. The SMILES string of the molecule is C=CCN(CCCC)C(=O)C1N([C@@H](CC)CO)C(=O)[C@@H]2[C@H](C(=O)N(CC=C)c3ccc(OCC)cc3)[C@@H]3CCC12S3. The highest BCUT2D eigenvalue weighted by atomic mass is 32.2. The summed E-state index contributed by atoms with van der Waals surface area (Å²) in [4.78, 5) is 48.3. The van der Waals surface area contributed by atoms with E-state index in [1.807, 2.05) is 38.1 Å². The van der Waals surface area contributed by atoms with E-state index in [2.05, 4.69) is 20.1 Å². The summed E-state index contributed by atoms with van der Waals surface area (Å²) in [5.41, 5.74) is 0.716. The monoisotopic (exact) mass is 583 g/mol. The first kappa shape index (κ1) is 31.2. The van der Waals surface area contributed by atoms with E-state index in [-0.39, 0.29) is 29.6 Å². The van der Waals surface area contributed by atoms with Crippen molar-refractivity contribution in [1.82, 2.24) is 9.80 Å². The molecule has 0 aromatic heterocycles. The van der Waals surface area contributed by atoms with E-state index < -0.39 is 28.7 Å². The molecule has 2 unspecified atom stereocenters. The number of hydrogen-bond acceptors (Lipinski definition) is 6. The molecule has 1 aromatic rings. The van der Waals surface area contributed by atoms with E-state index in [0.29, 0.717) is 44.8 Å². The number of hydrogen-bond donors (Lipinski definition) is 1. The van der Waals surface area contributed by atoms with Gasteiger partial charge in [0.2, 0.25) is 17.7 Å². The van der Waals surface area contributed by atoms with Crippen molar-refractivity contribution in [3.63, 3.8) is 0 Å². The highest BCUT2D eigenvalue weighted by Gasteiger charge is 2.74. The van der Waals surface area contributed by atoms with Gasteiger partial charge in [-0.15, -0.1) is 24.9 Å².